The summed E-state index contributed by atoms with van der Waals surface area (Å²) in [6.07, 6.45) is 1.87. The molecule has 0 aliphatic carbocycles. The topological polar surface area (TPSA) is 47.6 Å². The average molecular weight is 422 g/mol. The van der Waals surface area contributed by atoms with Crippen molar-refractivity contribution in [3.8, 4) is 11.5 Å². The first-order valence-corrected chi connectivity index (χ1v) is 10.0. The maximum absolute atomic E-state index is 12.9. The highest BCUT2D eigenvalue weighted by Crippen LogP contribution is 2.22. The van der Waals surface area contributed by atoms with Crippen molar-refractivity contribution >= 4 is 29.2 Å². The van der Waals surface area contributed by atoms with Crippen LogP contribution in [0.1, 0.15) is 16.7 Å². The number of halogens is 1. The van der Waals surface area contributed by atoms with Gasteiger partial charge in [-0.05, 0) is 54.0 Å². The Morgan fingerprint density at radius 1 is 1.00 bits per heavy atom. The SMILES string of the molecule is COc1ccc(/C=C(/C(=O)NCCOc2ccc(C)c(Cl)c2)c2ccccc2)cc1. The first kappa shape index (κ1) is 21.5. The van der Waals surface area contributed by atoms with E-state index in [2.05, 4.69) is 5.32 Å². The molecule has 0 heterocycles. The van der Waals surface area contributed by atoms with Crippen molar-refractivity contribution in [3.63, 3.8) is 0 Å². The number of amides is 1. The Bertz CT molecular complexity index is 1010. The number of carbonyl (C=O) groups excluding carboxylic acids is 1. The van der Waals surface area contributed by atoms with E-state index in [9.17, 15) is 4.79 Å². The summed E-state index contributed by atoms with van der Waals surface area (Å²) >= 11 is 6.12. The molecule has 0 saturated heterocycles. The first-order valence-electron chi connectivity index (χ1n) is 9.65. The van der Waals surface area contributed by atoms with Crippen molar-refractivity contribution in [2.75, 3.05) is 20.3 Å². The van der Waals surface area contributed by atoms with E-state index < -0.39 is 0 Å². The van der Waals surface area contributed by atoms with Crippen LogP contribution in [-0.4, -0.2) is 26.2 Å². The van der Waals surface area contributed by atoms with Gasteiger partial charge in [0.25, 0.3) is 5.91 Å². The van der Waals surface area contributed by atoms with Crippen LogP contribution in [0.2, 0.25) is 5.02 Å². The van der Waals surface area contributed by atoms with Crippen LogP contribution in [0.5, 0.6) is 11.5 Å². The van der Waals surface area contributed by atoms with E-state index in [0.29, 0.717) is 29.5 Å². The smallest absolute Gasteiger partial charge is 0.252 e. The van der Waals surface area contributed by atoms with Crippen LogP contribution in [-0.2, 0) is 4.79 Å². The molecule has 0 fully saturated rings. The van der Waals surface area contributed by atoms with Crippen molar-refractivity contribution in [1.82, 2.24) is 5.32 Å². The standard InChI is InChI=1S/C25H24ClNO3/c1-18-8-11-22(17-24(18)26)30-15-14-27-25(28)23(20-6-4-3-5-7-20)16-19-9-12-21(29-2)13-10-19/h3-13,16-17H,14-15H2,1-2H3,(H,27,28)/b23-16+. The van der Waals surface area contributed by atoms with E-state index in [0.717, 1.165) is 22.4 Å². The molecule has 0 unspecified atom stereocenters. The van der Waals surface area contributed by atoms with Crippen LogP contribution in [0.25, 0.3) is 11.6 Å². The van der Waals surface area contributed by atoms with Crippen LogP contribution in [0, 0.1) is 6.92 Å². The lowest BCUT2D eigenvalue weighted by Crippen LogP contribution is -2.28. The minimum atomic E-state index is -0.164. The minimum Gasteiger partial charge on any atom is -0.497 e. The van der Waals surface area contributed by atoms with Crippen LogP contribution < -0.4 is 14.8 Å². The zero-order valence-electron chi connectivity index (χ0n) is 17.0. The van der Waals surface area contributed by atoms with Gasteiger partial charge in [0.15, 0.2) is 0 Å². The summed E-state index contributed by atoms with van der Waals surface area (Å²) in [6, 6.07) is 22.7. The molecule has 4 nitrogen and oxygen atoms in total. The highest BCUT2D eigenvalue weighted by Gasteiger charge is 2.12. The van der Waals surface area contributed by atoms with Crippen LogP contribution in [0.3, 0.4) is 0 Å². The molecule has 0 bridgehead atoms. The number of aryl methyl sites for hydroxylation is 1. The van der Waals surface area contributed by atoms with E-state index in [1.54, 1.807) is 13.2 Å². The molecule has 30 heavy (non-hydrogen) atoms. The van der Waals surface area contributed by atoms with E-state index in [-0.39, 0.29) is 5.91 Å². The molecule has 0 aliphatic rings. The van der Waals surface area contributed by atoms with E-state index in [1.165, 1.54) is 0 Å². The monoisotopic (exact) mass is 421 g/mol. The lowest BCUT2D eigenvalue weighted by Gasteiger charge is -2.11. The fourth-order valence-corrected chi connectivity index (χ4v) is 3.03. The molecule has 154 valence electrons. The molecule has 0 atom stereocenters. The largest absolute Gasteiger partial charge is 0.497 e. The predicted octanol–water partition coefficient (Wildman–Crippen LogP) is 5.39. The van der Waals surface area contributed by atoms with Crippen LogP contribution in [0.15, 0.2) is 72.8 Å². The summed E-state index contributed by atoms with van der Waals surface area (Å²) in [6.45, 7) is 2.65. The third-order valence-corrected chi connectivity index (χ3v) is 4.96. The first-order chi connectivity index (χ1) is 14.6. The van der Waals surface area contributed by atoms with Crippen LogP contribution in [0.4, 0.5) is 0 Å². The normalized spacial score (nSPS) is 11.1. The maximum atomic E-state index is 12.9. The molecular formula is C25H24ClNO3. The maximum Gasteiger partial charge on any atom is 0.252 e. The van der Waals surface area contributed by atoms with Gasteiger partial charge in [0.2, 0.25) is 0 Å². The lowest BCUT2D eigenvalue weighted by atomic mass is 10.0. The average Bonchev–Trinajstić information content (AvgIpc) is 2.78. The van der Waals surface area contributed by atoms with E-state index >= 15 is 0 Å². The van der Waals surface area contributed by atoms with Gasteiger partial charge in [0.05, 0.1) is 13.7 Å². The van der Waals surface area contributed by atoms with Crippen molar-refractivity contribution in [3.05, 3.63) is 94.5 Å². The number of hydrogen-bond donors (Lipinski definition) is 1. The molecule has 1 N–H and O–H groups in total. The second-order valence-corrected chi connectivity index (χ2v) is 7.12. The molecule has 0 radical (unpaired) electrons. The van der Waals surface area contributed by atoms with Gasteiger partial charge in [0, 0.05) is 10.6 Å². The molecule has 0 aromatic heterocycles. The molecule has 3 aromatic carbocycles. The van der Waals surface area contributed by atoms with Crippen LogP contribution >= 0.6 is 11.6 Å². The second-order valence-electron chi connectivity index (χ2n) is 6.71. The van der Waals surface area contributed by atoms with Gasteiger partial charge < -0.3 is 14.8 Å². The van der Waals surface area contributed by atoms with Crippen molar-refractivity contribution in [2.24, 2.45) is 0 Å². The predicted molar refractivity (Wildman–Crippen MR) is 122 cm³/mol. The number of hydrogen-bond acceptors (Lipinski definition) is 3. The molecule has 5 heteroatoms. The molecule has 0 spiro atoms. The quantitative estimate of drug-likeness (QED) is 0.301. The minimum absolute atomic E-state index is 0.164. The summed E-state index contributed by atoms with van der Waals surface area (Å²) in [4.78, 5) is 12.9. The highest BCUT2D eigenvalue weighted by molar-refractivity contribution is 6.31. The van der Waals surface area contributed by atoms with Gasteiger partial charge in [-0.25, -0.2) is 0 Å². The lowest BCUT2D eigenvalue weighted by molar-refractivity contribution is -0.115. The molecule has 3 rings (SSSR count). The summed E-state index contributed by atoms with van der Waals surface area (Å²) in [5.41, 5.74) is 3.33. The van der Waals surface area contributed by atoms with Gasteiger partial charge in [-0.2, -0.15) is 0 Å². The van der Waals surface area contributed by atoms with E-state index in [1.807, 2.05) is 79.7 Å². The molecule has 1 amide bonds. The molecular weight excluding hydrogens is 398 g/mol. The number of carbonyl (C=O) groups is 1. The third-order valence-electron chi connectivity index (χ3n) is 4.56. The van der Waals surface area contributed by atoms with Crippen molar-refractivity contribution < 1.29 is 14.3 Å². The molecule has 3 aromatic rings. The number of benzene rings is 3. The fraction of sp³-hybridized carbons (Fsp3) is 0.160. The van der Waals surface area contributed by atoms with Gasteiger partial charge in [-0.1, -0.05) is 60.1 Å². The number of rotatable bonds is 8. The Morgan fingerprint density at radius 2 is 1.70 bits per heavy atom. The summed E-state index contributed by atoms with van der Waals surface area (Å²) in [5, 5.41) is 3.59. The summed E-state index contributed by atoms with van der Waals surface area (Å²) in [7, 11) is 1.63. The van der Waals surface area contributed by atoms with Crippen molar-refractivity contribution in [2.45, 2.75) is 6.92 Å². The Balaban J connectivity index is 1.67. The zero-order chi connectivity index (χ0) is 21.3. The number of ether oxygens (including phenoxy) is 2. The van der Waals surface area contributed by atoms with Gasteiger partial charge in [-0.15, -0.1) is 0 Å². The Hall–Kier alpha value is -3.24. The van der Waals surface area contributed by atoms with Gasteiger partial charge in [0.1, 0.15) is 18.1 Å². The summed E-state index contributed by atoms with van der Waals surface area (Å²) < 4.78 is 10.9. The zero-order valence-corrected chi connectivity index (χ0v) is 17.8. The van der Waals surface area contributed by atoms with E-state index in [4.69, 9.17) is 21.1 Å². The second kappa shape index (κ2) is 10.5. The third kappa shape index (κ3) is 5.88. The Labute approximate surface area is 182 Å². The fourth-order valence-electron chi connectivity index (χ4n) is 2.86. The Kier molecular flexibility index (Phi) is 7.52. The molecule has 0 aliphatic heterocycles. The van der Waals surface area contributed by atoms with Gasteiger partial charge in [-0.3, -0.25) is 4.79 Å². The highest BCUT2D eigenvalue weighted by atomic mass is 35.5. The number of methoxy groups -OCH3 is 1. The summed E-state index contributed by atoms with van der Waals surface area (Å²) in [5.74, 6) is 1.28. The van der Waals surface area contributed by atoms with Crippen molar-refractivity contribution in [1.29, 1.82) is 0 Å². The number of nitrogens with one attached hydrogen (secondary N) is 1. The molecule has 0 saturated carbocycles. The van der Waals surface area contributed by atoms with Gasteiger partial charge >= 0.3 is 0 Å². The Morgan fingerprint density at radius 3 is 2.37 bits per heavy atom.